The van der Waals surface area contributed by atoms with Crippen molar-refractivity contribution in [2.75, 3.05) is 6.61 Å². The Kier molecular flexibility index (Phi) is 4.43. The van der Waals surface area contributed by atoms with Gasteiger partial charge in [-0.3, -0.25) is 9.36 Å². The number of ketones is 1. The van der Waals surface area contributed by atoms with Crippen LogP contribution in [0.15, 0.2) is 60.7 Å². The normalized spacial score (nSPS) is 23.9. The number of hydrogen-bond acceptors (Lipinski definition) is 5. The summed E-state index contributed by atoms with van der Waals surface area (Å²) in [7, 11) is 0. The van der Waals surface area contributed by atoms with Gasteiger partial charge in [0.05, 0.1) is 12.6 Å². The molecule has 142 valence electrons. The van der Waals surface area contributed by atoms with E-state index in [0.717, 1.165) is 17.1 Å². The zero-order valence-electron chi connectivity index (χ0n) is 15.1. The highest BCUT2D eigenvalue weighted by atomic mass is 32.1. The van der Waals surface area contributed by atoms with Crippen LogP contribution in [0.3, 0.4) is 0 Å². The largest absolute Gasteiger partial charge is 0.343 e. The summed E-state index contributed by atoms with van der Waals surface area (Å²) in [4.78, 5) is 12.3. The van der Waals surface area contributed by atoms with E-state index in [4.69, 9.17) is 26.8 Å². The second-order valence-electron chi connectivity index (χ2n) is 7.05. The molecule has 2 fully saturated rings. The maximum atomic E-state index is 12.3. The third-order valence-corrected chi connectivity index (χ3v) is 5.58. The molecule has 2 aliphatic heterocycles. The molecule has 1 aromatic heterocycles. The van der Waals surface area contributed by atoms with Gasteiger partial charge in [0.1, 0.15) is 11.9 Å². The van der Waals surface area contributed by atoms with Crippen molar-refractivity contribution in [2.45, 2.75) is 31.3 Å². The number of aromatic nitrogens is 3. The Labute approximate surface area is 167 Å². The minimum atomic E-state index is -0.726. The van der Waals surface area contributed by atoms with Gasteiger partial charge in [0, 0.05) is 18.5 Å². The molecule has 0 radical (unpaired) electrons. The molecular weight excluding hydrogens is 374 g/mol. The Morgan fingerprint density at radius 3 is 2.54 bits per heavy atom. The molecular formula is C21H19N3O3S. The zero-order chi connectivity index (χ0) is 19.1. The molecule has 3 atom stereocenters. The standard InChI is InChI=1S/C21H19N3O3S/c25-17-12-16(18-13-26-20(17)27-18)24-21(28)23(15-9-5-2-6-10-15)19(22-24)11-14-7-3-1-4-8-14/h1-10,16,18,20H,11-13H2/t16-,18+,20+/m0/s1. The van der Waals surface area contributed by atoms with Crippen LogP contribution in [0.25, 0.3) is 5.69 Å². The van der Waals surface area contributed by atoms with E-state index in [0.29, 0.717) is 24.2 Å². The molecule has 0 unspecified atom stereocenters. The smallest absolute Gasteiger partial charge is 0.218 e. The van der Waals surface area contributed by atoms with Gasteiger partial charge in [0.2, 0.25) is 11.1 Å². The first-order chi connectivity index (χ1) is 13.7. The fourth-order valence-corrected chi connectivity index (χ4v) is 4.23. The van der Waals surface area contributed by atoms with Gasteiger partial charge in [-0.25, -0.2) is 4.68 Å². The van der Waals surface area contributed by atoms with Crippen LogP contribution >= 0.6 is 12.2 Å². The summed E-state index contributed by atoms with van der Waals surface area (Å²) in [6.07, 6.45) is 0.0197. The Hall–Kier alpha value is -2.61. The minimum absolute atomic E-state index is 0.0560. The van der Waals surface area contributed by atoms with Crippen LogP contribution in [0.4, 0.5) is 0 Å². The number of benzene rings is 2. The predicted molar refractivity (Wildman–Crippen MR) is 105 cm³/mol. The molecule has 2 saturated heterocycles. The molecule has 0 spiro atoms. The number of nitrogens with zero attached hydrogens (tertiary/aromatic N) is 3. The molecule has 5 rings (SSSR count). The van der Waals surface area contributed by atoms with Crippen molar-refractivity contribution in [3.8, 4) is 5.69 Å². The minimum Gasteiger partial charge on any atom is -0.343 e. The maximum absolute atomic E-state index is 12.3. The van der Waals surface area contributed by atoms with Crippen molar-refractivity contribution in [1.82, 2.24) is 14.3 Å². The SMILES string of the molecule is O=C1C[C@H](n2nc(Cc3ccccc3)n(-c3ccccc3)c2=S)[C@H]2CO[C@@H]1O2. The average Bonchev–Trinajstić information content (AvgIpc) is 3.29. The third kappa shape index (κ3) is 3.01. The molecule has 0 saturated carbocycles. The molecule has 2 aromatic carbocycles. The van der Waals surface area contributed by atoms with Crippen molar-refractivity contribution < 1.29 is 14.3 Å². The van der Waals surface area contributed by atoms with Crippen LogP contribution in [0, 0.1) is 4.77 Å². The molecule has 28 heavy (non-hydrogen) atoms. The number of fused-ring (bicyclic) bond motifs is 2. The maximum Gasteiger partial charge on any atom is 0.218 e. The van der Waals surface area contributed by atoms with E-state index in [1.165, 1.54) is 0 Å². The predicted octanol–water partition coefficient (Wildman–Crippen LogP) is 3.25. The summed E-state index contributed by atoms with van der Waals surface area (Å²) in [5.41, 5.74) is 2.10. The highest BCUT2D eigenvalue weighted by molar-refractivity contribution is 7.71. The van der Waals surface area contributed by atoms with E-state index in [1.807, 2.05) is 53.1 Å². The van der Waals surface area contributed by atoms with Crippen molar-refractivity contribution in [3.63, 3.8) is 0 Å². The lowest BCUT2D eigenvalue weighted by Gasteiger charge is -2.26. The van der Waals surface area contributed by atoms with Crippen LogP contribution in [-0.2, 0) is 20.7 Å². The van der Waals surface area contributed by atoms with Crippen LogP contribution in [0.2, 0.25) is 0 Å². The van der Waals surface area contributed by atoms with Gasteiger partial charge in [0.25, 0.3) is 0 Å². The Balaban J connectivity index is 1.61. The first-order valence-corrected chi connectivity index (χ1v) is 9.71. The Morgan fingerprint density at radius 1 is 1.07 bits per heavy atom. The number of carbonyl (C=O) groups is 1. The van der Waals surface area contributed by atoms with E-state index in [9.17, 15) is 4.79 Å². The van der Waals surface area contributed by atoms with Crippen molar-refractivity contribution in [1.29, 1.82) is 0 Å². The summed E-state index contributed by atoms with van der Waals surface area (Å²) in [5.74, 6) is 0.774. The van der Waals surface area contributed by atoms with Gasteiger partial charge in [-0.2, -0.15) is 5.10 Å². The lowest BCUT2D eigenvalue weighted by molar-refractivity contribution is -0.156. The quantitative estimate of drug-likeness (QED) is 0.637. The van der Waals surface area contributed by atoms with Gasteiger partial charge in [-0.1, -0.05) is 48.5 Å². The molecule has 2 bridgehead atoms. The lowest BCUT2D eigenvalue weighted by Crippen LogP contribution is -2.37. The Morgan fingerprint density at radius 2 is 1.79 bits per heavy atom. The lowest BCUT2D eigenvalue weighted by atomic mass is 10.0. The highest BCUT2D eigenvalue weighted by Gasteiger charge is 2.45. The number of Topliss-reactive ketones (excluding diaryl/α,β-unsaturated/α-hetero) is 1. The topological polar surface area (TPSA) is 58.3 Å². The van der Waals surface area contributed by atoms with Crippen molar-refractivity contribution in [3.05, 3.63) is 76.8 Å². The summed E-state index contributed by atoms with van der Waals surface area (Å²) in [5, 5.41) is 4.84. The number of para-hydroxylation sites is 1. The van der Waals surface area contributed by atoms with E-state index < -0.39 is 6.29 Å². The monoisotopic (exact) mass is 393 g/mol. The van der Waals surface area contributed by atoms with Crippen LogP contribution < -0.4 is 0 Å². The summed E-state index contributed by atoms with van der Waals surface area (Å²) in [6.45, 7) is 0.384. The number of carbonyl (C=O) groups excluding carboxylic acids is 1. The molecule has 6 nitrogen and oxygen atoms in total. The fourth-order valence-electron chi connectivity index (χ4n) is 3.84. The third-order valence-electron chi connectivity index (χ3n) is 5.21. The van der Waals surface area contributed by atoms with Crippen molar-refractivity contribution >= 4 is 18.0 Å². The van der Waals surface area contributed by atoms with Crippen LogP contribution in [0.1, 0.15) is 23.9 Å². The summed E-state index contributed by atoms with van der Waals surface area (Å²) in [6, 6.07) is 19.8. The van der Waals surface area contributed by atoms with Crippen LogP contribution in [-0.4, -0.2) is 39.1 Å². The van der Waals surface area contributed by atoms with Gasteiger partial charge in [0.15, 0.2) is 5.78 Å². The van der Waals surface area contributed by atoms with E-state index >= 15 is 0 Å². The molecule has 7 heteroatoms. The van der Waals surface area contributed by atoms with Gasteiger partial charge in [-0.05, 0) is 29.9 Å². The second-order valence-corrected chi connectivity index (χ2v) is 7.42. The average molecular weight is 393 g/mol. The highest BCUT2D eigenvalue weighted by Crippen LogP contribution is 2.33. The molecule has 0 amide bonds. The fraction of sp³-hybridized carbons (Fsp3) is 0.286. The molecule has 0 aliphatic carbocycles. The van der Waals surface area contributed by atoms with Crippen LogP contribution in [0.5, 0.6) is 0 Å². The van der Waals surface area contributed by atoms with Gasteiger partial charge < -0.3 is 9.47 Å². The Bertz CT molecular complexity index is 1060. The second kappa shape index (κ2) is 7.09. The van der Waals surface area contributed by atoms with E-state index in [2.05, 4.69) is 12.1 Å². The van der Waals surface area contributed by atoms with Gasteiger partial charge >= 0.3 is 0 Å². The molecule has 3 aromatic rings. The van der Waals surface area contributed by atoms with Gasteiger partial charge in [-0.15, -0.1) is 0 Å². The molecule has 0 N–H and O–H groups in total. The van der Waals surface area contributed by atoms with Crippen molar-refractivity contribution in [2.24, 2.45) is 0 Å². The van der Waals surface area contributed by atoms with E-state index in [1.54, 1.807) is 4.68 Å². The first kappa shape index (κ1) is 17.5. The number of rotatable bonds is 4. The number of hydrogen-bond donors (Lipinski definition) is 0. The first-order valence-electron chi connectivity index (χ1n) is 9.30. The zero-order valence-corrected chi connectivity index (χ0v) is 15.9. The van der Waals surface area contributed by atoms with E-state index in [-0.39, 0.29) is 17.9 Å². The molecule has 2 aliphatic rings. The summed E-state index contributed by atoms with van der Waals surface area (Å²) >= 11 is 5.80. The molecule has 3 heterocycles. The summed E-state index contributed by atoms with van der Waals surface area (Å²) < 4.78 is 15.5. The number of ether oxygens (including phenoxy) is 2.